The molecule has 1 N–H and O–H groups in total. The largest absolute Gasteiger partial charge is 0.366 e. The van der Waals surface area contributed by atoms with Crippen molar-refractivity contribution in [2.75, 3.05) is 18.0 Å². The molecule has 0 saturated carbocycles. The molecule has 0 aliphatic heterocycles. The van der Waals surface area contributed by atoms with E-state index in [1.54, 1.807) is 0 Å². The Hall–Kier alpha value is -1.03. The highest BCUT2D eigenvalue weighted by molar-refractivity contribution is 6.33. The Kier molecular flexibility index (Phi) is 4.62. The van der Waals surface area contributed by atoms with Gasteiger partial charge in [0.05, 0.1) is 11.2 Å². The summed E-state index contributed by atoms with van der Waals surface area (Å²) in [6.07, 6.45) is 3.44. The second-order valence-electron chi connectivity index (χ2n) is 3.38. The lowest BCUT2D eigenvalue weighted by Gasteiger charge is -2.23. The van der Waals surface area contributed by atoms with Gasteiger partial charge in [-0.15, -0.1) is 0 Å². The smallest absolute Gasteiger partial charge is 0.289 e. The van der Waals surface area contributed by atoms with Gasteiger partial charge >= 0.3 is 0 Å². The Bertz CT molecular complexity index is 358. The number of anilines is 1. The third-order valence-corrected chi connectivity index (χ3v) is 2.37. The maximum Gasteiger partial charge on any atom is 0.289 e. The van der Waals surface area contributed by atoms with Crippen molar-refractivity contribution in [3.05, 3.63) is 21.6 Å². The zero-order chi connectivity index (χ0) is 11.3. The van der Waals surface area contributed by atoms with Gasteiger partial charge in [0, 0.05) is 13.1 Å². The molecule has 0 saturated heterocycles. The summed E-state index contributed by atoms with van der Waals surface area (Å²) in [7, 11) is 0. The molecule has 0 aromatic carbocycles. The van der Waals surface area contributed by atoms with Crippen molar-refractivity contribution in [2.45, 2.75) is 26.7 Å². The highest BCUT2D eigenvalue weighted by atomic mass is 35.5. The molecule has 1 aromatic heterocycles. The number of H-pyrrole nitrogens is 1. The molecule has 0 amide bonds. The number of halogens is 1. The molecule has 15 heavy (non-hydrogen) atoms. The minimum atomic E-state index is -0.218. The number of aromatic nitrogens is 2. The van der Waals surface area contributed by atoms with Crippen molar-refractivity contribution < 1.29 is 0 Å². The van der Waals surface area contributed by atoms with Crippen LogP contribution in [0.5, 0.6) is 0 Å². The van der Waals surface area contributed by atoms with Gasteiger partial charge in [-0.3, -0.25) is 4.79 Å². The van der Waals surface area contributed by atoms with Gasteiger partial charge < -0.3 is 4.90 Å². The highest BCUT2D eigenvalue weighted by Crippen LogP contribution is 2.19. The van der Waals surface area contributed by atoms with Crippen LogP contribution in [0.3, 0.4) is 0 Å². The van der Waals surface area contributed by atoms with E-state index in [4.69, 9.17) is 11.6 Å². The van der Waals surface area contributed by atoms with Gasteiger partial charge in [0.25, 0.3) is 5.56 Å². The van der Waals surface area contributed by atoms with Gasteiger partial charge in [-0.05, 0) is 12.8 Å². The number of nitrogens with zero attached hydrogens (tertiary/aromatic N) is 2. The lowest BCUT2D eigenvalue weighted by Crippen LogP contribution is -2.31. The van der Waals surface area contributed by atoms with Crippen LogP contribution in [0.4, 0.5) is 5.69 Å². The fraction of sp³-hybridized carbons (Fsp3) is 0.600. The molecule has 1 heterocycles. The van der Waals surface area contributed by atoms with E-state index in [1.807, 2.05) is 4.90 Å². The van der Waals surface area contributed by atoms with E-state index in [2.05, 4.69) is 24.0 Å². The standard InChI is InChI=1S/C10H16ClN3O/c1-3-5-14(6-4-2)9-8(11)7-12-13-10(9)15/h7H,3-6H2,1-2H3,(H,13,15). The van der Waals surface area contributed by atoms with Gasteiger partial charge in [-0.1, -0.05) is 25.4 Å². The van der Waals surface area contributed by atoms with Crippen LogP contribution in [-0.2, 0) is 0 Å². The van der Waals surface area contributed by atoms with Crippen molar-refractivity contribution in [1.82, 2.24) is 10.2 Å². The number of aromatic amines is 1. The Morgan fingerprint density at radius 3 is 2.47 bits per heavy atom. The predicted octanol–water partition coefficient (Wildman–Crippen LogP) is 2.05. The van der Waals surface area contributed by atoms with E-state index in [1.165, 1.54) is 6.20 Å². The molecular weight excluding hydrogens is 214 g/mol. The average molecular weight is 230 g/mol. The Balaban J connectivity index is 3.04. The van der Waals surface area contributed by atoms with E-state index in [9.17, 15) is 4.79 Å². The number of hydrogen-bond donors (Lipinski definition) is 1. The lowest BCUT2D eigenvalue weighted by molar-refractivity contribution is 0.736. The normalized spacial score (nSPS) is 10.3. The number of rotatable bonds is 5. The summed E-state index contributed by atoms with van der Waals surface area (Å²) in [6, 6.07) is 0. The maximum atomic E-state index is 11.6. The lowest BCUT2D eigenvalue weighted by atomic mass is 10.3. The minimum absolute atomic E-state index is 0.218. The second kappa shape index (κ2) is 5.75. The summed E-state index contributed by atoms with van der Waals surface area (Å²) >= 11 is 5.97. The fourth-order valence-corrected chi connectivity index (χ4v) is 1.79. The van der Waals surface area contributed by atoms with Crippen molar-refractivity contribution in [3.8, 4) is 0 Å². The van der Waals surface area contributed by atoms with E-state index in [0.717, 1.165) is 25.9 Å². The third kappa shape index (κ3) is 2.96. The molecular formula is C10H16ClN3O. The summed E-state index contributed by atoms with van der Waals surface area (Å²) in [4.78, 5) is 13.6. The first-order chi connectivity index (χ1) is 7.20. The van der Waals surface area contributed by atoms with Crippen molar-refractivity contribution >= 4 is 17.3 Å². The van der Waals surface area contributed by atoms with Crippen LogP contribution >= 0.6 is 11.6 Å². The Morgan fingerprint density at radius 2 is 2.00 bits per heavy atom. The molecule has 0 aliphatic rings. The fourth-order valence-electron chi connectivity index (χ4n) is 1.54. The van der Waals surface area contributed by atoms with Crippen LogP contribution in [-0.4, -0.2) is 23.3 Å². The van der Waals surface area contributed by atoms with Crippen LogP contribution < -0.4 is 10.5 Å². The van der Waals surface area contributed by atoms with Crippen LogP contribution in [0.15, 0.2) is 11.0 Å². The van der Waals surface area contributed by atoms with Gasteiger partial charge in [-0.2, -0.15) is 5.10 Å². The Morgan fingerprint density at radius 1 is 1.40 bits per heavy atom. The molecule has 1 aromatic rings. The monoisotopic (exact) mass is 229 g/mol. The van der Waals surface area contributed by atoms with Gasteiger partial charge in [0.1, 0.15) is 5.69 Å². The van der Waals surface area contributed by atoms with E-state index in [0.29, 0.717) is 10.7 Å². The summed E-state index contributed by atoms with van der Waals surface area (Å²) in [5, 5.41) is 6.47. The highest BCUT2D eigenvalue weighted by Gasteiger charge is 2.13. The molecule has 0 atom stereocenters. The summed E-state index contributed by atoms with van der Waals surface area (Å²) in [5.41, 5.74) is 0.319. The minimum Gasteiger partial charge on any atom is -0.366 e. The SMILES string of the molecule is CCCN(CCC)c1c(Cl)cn[nH]c1=O. The molecule has 0 aliphatic carbocycles. The topological polar surface area (TPSA) is 49.0 Å². The molecule has 84 valence electrons. The second-order valence-corrected chi connectivity index (χ2v) is 3.79. The molecule has 5 heteroatoms. The third-order valence-electron chi connectivity index (χ3n) is 2.09. The van der Waals surface area contributed by atoms with Gasteiger partial charge in [0.15, 0.2) is 0 Å². The molecule has 0 unspecified atom stereocenters. The molecule has 0 fully saturated rings. The van der Waals surface area contributed by atoms with E-state index in [-0.39, 0.29) is 5.56 Å². The molecule has 0 spiro atoms. The van der Waals surface area contributed by atoms with Gasteiger partial charge in [0.2, 0.25) is 0 Å². The predicted molar refractivity (Wildman–Crippen MR) is 62.7 cm³/mol. The number of nitrogens with one attached hydrogen (secondary N) is 1. The van der Waals surface area contributed by atoms with Crippen LogP contribution in [0.25, 0.3) is 0 Å². The first-order valence-corrected chi connectivity index (χ1v) is 5.56. The van der Waals surface area contributed by atoms with E-state index >= 15 is 0 Å². The summed E-state index contributed by atoms with van der Waals surface area (Å²) < 4.78 is 0. The van der Waals surface area contributed by atoms with Crippen molar-refractivity contribution in [3.63, 3.8) is 0 Å². The number of hydrogen-bond acceptors (Lipinski definition) is 3. The first kappa shape index (κ1) is 12.0. The summed E-state index contributed by atoms with van der Waals surface area (Å²) in [6.45, 7) is 5.82. The Labute approximate surface area is 94.3 Å². The van der Waals surface area contributed by atoms with Gasteiger partial charge in [-0.25, -0.2) is 5.10 Å². The van der Waals surface area contributed by atoms with Crippen molar-refractivity contribution in [2.24, 2.45) is 0 Å². The molecule has 1 rings (SSSR count). The first-order valence-electron chi connectivity index (χ1n) is 5.18. The zero-order valence-corrected chi connectivity index (χ0v) is 9.84. The van der Waals surface area contributed by atoms with Crippen LogP contribution in [0.2, 0.25) is 5.02 Å². The maximum absolute atomic E-state index is 11.6. The van der Waals surface area contributed by atoms with Crippen LogP contribution in [0, 0.1) is 0 Å². The average Bonchev–Trinajstić information content (AvgIpc) is 2.18. The molecule has 0 radical (unpaired) electrons. The quantitative estimate of drug-likeness (QED) is 0.841. The summed E-state index contributed by atoms with van der Waals surface area (Å²) in [5.74, 6) is 0. The zero-order valence-electron chi connectivity index (χ0n) is 9.09. The molecule has 4 nitrogen and oxygen atoms in total. The van der Waals surface area contributed by atoms with Crippen LogP contribution in [0.1, 0.15) is 26.7 Å². The van der Waals surface area contributed by atoms with E-state index < -0.39 is 0 Å². The molecule has 0 bridgehead atoms. The van der Waals surface area contributed by atoms with Crippen molar-refractivity contribution in [1.29, 1.82) is 0 Å².